The molecule has 0 bridgehead atoms. The summed E-state index contributed by atoms with van der Waals surface area (Å²) < 4.78 is 0. The number of likely N-dealkylation sites (N-methyl/N-ethyl adjacent to an activating group) is 1. The van der Waals surface area contributed by atoms with E-state index in [2.05, 4.69) is 24.1 Å². The van der Waals surface area contributed by atoms with Crippen molar-refractivity contribution in [1.29, 1.82) is 0 Å². The summed E-state index contributed by atoms with van der Waals surface area (Å²) in [5.41, 5.74) is 0. The molecule has 1 saturated heterocycles. The van der Waals surface area contributed by atoms with E-state index >= 15 is 0 Å². The lowest BCUT2D eigenvalue weighted by molar-refractivity contribution is -0.125. The second kappa shape index (κ2) is 6.11. The van der Waals surface area contributed by atoms with E-state index in [9.17, 15) is 4.79 Å². The number of hydrogen-bond acceptors (Lipinski definition) is 2. The molecule has 0 spiro atoms. The quantitative estimate of drug-likeness (QED) is 0.703. The van der Waals surface area contributed by atoms with Crippen LogP contribution in [0.4, 0.5) is 0 Å². The molecule has 1 amide bonds. The molecule has 1 unspecified atom stereocenters. The van der Waals surface area contributed by atoms with Crippen molar-refractivity contribution in [3.05, 3.63) is 0 Å². The van der Waals surface area contributed by atoms with E-state index < -0.39 is 0 Å². The SMILES string of the molecule is CC(C)CCCNC(=O)C1CCCN1C. The summed E-state index contributed by atoms with van der Waals surface area (Å²) in [6, 6.07) is 0.129. The summed E-state index contributed by atoms with van der Waals surface area (Å²) >= 11 is 0. The van der Waals surface area contributed by atoms with E-state index in [4.69, 9.17) is 0 Å². The Balaban J connectivity index is 2.13. The summed E-state index contributed by atoms with van der Waals surface area (Å²) in [5.74, 6) is 0.954. The standard InChI is InChI=1S/C12H24N2O/c1-10(2)6-4-8-13-12(15)11-7-5-9-14(11)3/h10-11H,4-9H2,1-3H3,(H,13,15). The van der Waals surface area contributed by atoms with E-state index in [1.54, 1.807) is 0 Å². The normalized spacial score (nSPS) is 22.3. The zero-order valence-corrected chi connectivity index (χ0v) is 10.3. The Morgan fingerprint density at radius 2 is 2.27 bits per heavy atom. The fourth-order valence-corrected chi connectivity index (χ4v) is 2.08. The molecule has 1 N–H and O–H groups in total. The van der Waals surface area contributed by atoms with Gasteiger partial charge in [-0.25, -0.2) is 0 Å². The van der Waals surface area contributed by atoms with Gasteiger partial charge in [-0.1, -0.05) is 13.8 Å². The van der Waals surface area contributed by atoms with E-state index in [0.29, 0.717) is 0 Å². The van der Waals surface area contributed by atoms with Crippen LogP contribution >= 0.6 is 0 Å². The van der Waals surface area contributed by atoms with Crippen molar-refractivity contribution < 1.29 is 4.79 Å². The van der Waals surface area contributed by atoms with Gasteiger partial charge in [0.2, 0.25) is 5.91 Å². The lowest BCUT2D eigenvalue weighted by Gasteiger charge is -2.18. The highest BCUT2D eigenvalue weighted by Crippen LogP contribution is 2.14. The Bertz CT molecular complexity index is 204. The number of carbonyl (C=O) groups is 1. The maximum atomic E-state index is 11.7. The van der Waals surface area contributed by atoms with Gasteiger partial charge in [-0.3, -0.25) is 9.69 Å². The first-order valence-electron chi connectivity index (χ1n) is 6.09. The Hall–Kier alpha value is -0.570. The lowest BCUT2D eigenvalue weighted by Crippen LogP contribution is -2.41. The molecule has 0 aromatic rings. The summed E-state index contributed by atoms with van der Waals surface area (Å²) in [7, 11) is 2.03. The highest BCUT2D eigenvalue weighted by molar-refractivity contribution is 5.81. The molecule has 3 nitrogen and oxygen atoms in total. The monoisotopic (exact) mass is 212 g/mol. The van der Waals surface area contributed by atoms with Gasteiger partial charge in [0, 0.05) is 6.54 Å². The molecule has 0 aromatic carbocycles. The summed E-state index contributed by atoms with van der Waals surface area (Å²) in [6.45, 7) is 6.32. The third-order valence-corrected chi connectivity index (χ3v) is 3.08. The zero-order valence-electron chi connectivity index (χ0n) is 10.3. The molecule has 0 aliphatic carbocycles. The molecule has 0 aromatic heterocycles. The van der Waals surface area contributed by atoms with Crippen molar-refractivity contribution in [1.82, 2.24) is 10.2 Å². The van der Waals surface area contributed by atoms with Crippen molar-refractivity contribution in [3.8, 4) is 0 Å². The molecule has 1 atom stereocenters. The molecule has 88 valence electrons. The van der Waals surface area contributed by atoms with Crippen molar-refractivity contribution in [3.63, 3.8) is 0 Å². The van der Waals surface area contributed by atoms with Gasteiger partial charge in [-0.05, 0) is 45.2 Å². The first-order valence-corrected chi connectivity index (χ1v) is 6.09. The minimum Gasteiger partial charge on any atom is -0.355 e. The van der Waals surface area contributed by atoms with Gasteiger partial charge in [0.05, 0.1) is 6.04 Å². The van der Waals surface area contributed by atoms with Crippen molar-refractivity contribution in [2.75, 3.05) is 20.1 Å². The second-order valence-corrected chi connectivity index (χ2v) is 4.97. The second-order valence-electron chi connectivity index (χ2n) is 4.97. The molecular weight excluding hydrogens is 188 g/mol. The molecule has 0 radical (unpaired) electrons. The number of hydrogen-bond donors (Lipinski definition) is 1. The van der Waals surface area contributed by atoms with Crippen LogP contribution in [0.15, 0.2) is 0 Å². The molecular formula is C12H24N2O. The third-order valence-electron chi connectivity index (χ3n) is 3.08. The van der Waals surface area contributed by atoms with Crippen molar-refractivity contribution in [2.45, 2.75) is 45.6 Å². The largest absolute Gasteiger partial charge is 0.355 e. The van der Waals surface area contributed by atoms with Gasteiger partial charge >= 0.3 is 0 Å². The van der Waals surface area contributed by atoms with Crippen molar-refractivity contribution >= 4 is 5.91 Å². The fraction of sp³-hybridized carbons (Fsp3) is 0.917. The average Bonchev–Trinajstić information content (AvgIpc) is 2.58. The van der Waals surface area contributed by atoms with E-state index in [1.807, 2.05) is 7.05 Å². The minimum atomic E-state index is 0.129. The first kappa shape index (κ1) is 12.5. The Morgan fingerprint density at radius 1 is 1.53 bits per heavy atom. The number of nitrogens with one attached hydrogen (secondary N) is 1. The highest BCUT2D eigenvalue weighted by atomic mass is 16.2. The van der Waals surface area contributed by atoms with Crippen LogP contribution in [0.25, 0.3) is 0 Å². The first-order chi connectivity index (χ1) is 7.11. The molecule has 1 fully saturated rings. The van der Waals surface area contributed by atoms with E-state index in [0.717, 1.165) is 38.3 Å². The average molecular weight is 212 g/mol. The summed E-state index contributed by atoms with van der Waals surface area (Å²) in [5, 5.41) is 3.03. The van der Waals surface area contributed by atoms with E-state index in [-0.39, 0.29) is 11.9 Å². The number of amides is 1. The smallest absolute Gasteiger partial charge is 0.237 e. The predicted molar refractivity (Wildman–Crippen MR) is 62.7 cm³/mol. The van der Waals surface area contributed by atoms with Gasteiger partial charge < -0.3 is 5.32 Å². The Labute approximate surface area is 93.2 Å². The van der Waals surface area contributed by atoms with Gasteiger partial charge in [-0.15, -0.1) is 0 Å². The summed E-state index contributed by atoms with van der Waals surface area (Å²) in [4.78, 5) is 13.9. The topological polar surface area (TPSA) is 32.3 Å². The maximum absolute atomic E-state index is 11.7. The van der Waals surface area contributed by atoms with Crippen LogP contribution in [-0.2, 0) is 4.79 Å². The maximum Gasteiger partial charge on any atom is 0.237 e. The number of likely N-dealkylation sites (tertiary alicyclic amines) is 1. The lowest BCUT2D eigenvalue weighted by atomic mass is 10.1. The molecule has 1 aliphatic rings. The Morgan fingerprint density at radius 3 is 2.80 bits per heavy atom. The van der Waals surface area contributed by atoms with Crippen LogP contribution in [0.5, 0.6) is 0 Å². The van der Waals surface area contributed by atoms with E-state index in [1.165, 1.54) is 6.42 Å². The Kier molecular flexibility index (Phi) is 5.09. The third kappa shape index (κ3) is 4.20. The minimum absolute atomic E-state index is 0.129. The fourth-order valence-electron chi connectivity index (χ4n) is 2.08. The molecule has 1 aliphatic heterocycles. The predicted octanol–water partition coefficient (Wildman–Crippen LogP) is 1.63. The van der Waals surface area contributed by atoms with Crippen molar-refractivity contribution in [2.24, 2.45) is 5.92 Å². The highest BCUT2D eigenvalue weighted by Gasteiger charge is 2.26. The van der Waals surface area contributed by atoms with Gasteiger partial charge in [0.25, 0.3) is 0 Å². The van der Waals surface area contributed by atoms with Gasteiger partial charge in [0.15, 0.2) is 0 Å². The molecule has 0 saturated carbocycles. The van der Waals surface area contributed by atoms with Gasteiger partial charge in [-0.2, -0.15) is 0 Å². The molecule has 1 heterocycles. The molecule has 15 heavy (non-hydrogen) atoms. The van der Waals surface area contributed by atoms with Crippen LogP contribution in [0.3, 0.4) is 0 Å². The molecule has 3 heteroatoms. The van der Waals surface area contributed by atoms with Crippen LogP contribution < -0.4 is 5.32 Å². The van der Waals surface area contributed by atoms with Gasteiger partial charge in [0.1, 0.15) is 0 Å². The van der Waals surface area contributed by atoms with Crippen LogP contribution in [-0.4, -0.2) is 37.0 Å². The van der Waals surface area contributed by atoms with Crippen LogP contribution in [0.1, 0.15) is 39.5 Å². The van der Waals surface area contributed by atoms with Crippen LogP contribution in [0.2, 0.25) is 0 Å². The summed E-state index contributed by atoms with van der Waals surface area (Å²) in [6.07, 6.45) is 4.47. The zero-order chi connectivity index (χ0) is 11.3. The molecule has 1 rings (SSSR count). The van der Waals surface area contributed by atoms with Crippen LogP contribution in [0, 0.1) is 5.92 Å². The number of nitrogens with zero attached hydrogens (tertiary/aromatic N) is 1. The number of rotatable bonds is 5. The number of carbonyl (C=O) groups excluding carboxylic acids is 1.